The number of hydrogen-bond donors (Lipinski definition) is 1. The van der Waals surface area contributed by atoms with Gasteiger partial charge in [-0.3, -0.25) is 5.32 Å². The topological polar surface area (TPSA) is 84.9 Å². The molecule has 1 aliphatic rings. The fourth-order valence-electron chi connectivity index (χ4n) is 3.43. The van der Waals surface area contributed by atoms with Gasteiger partial charge in [0.1, 0.15) is 17.7 Å². The molecule has 180 valence electrons. The van der Waals surface area contributed by atoms with Crippen LogP contribution in [0.15, 0.2) is 30.3 Å². The highest BCUT2D eigenvalue weighted by Crippen LogP contribution is 2.39. The van der Waals surface area contributed by atoms with Crippen molar-refractivity contribution in [3.63, 3.8) is 0 Å². The van der Waals surface area contributed by atoms with E-state index < -0.39 is 28.0 Å². The van der Waals surface area contributed by atoms with Gasteiger partial charge < -0.3 is 9.47 Å². The van der Waals surface area contributed by atoms with Gasteiger partial charge in [-0.25, -0.2) is 17.6 Å². The zero-order valence-electron chi connectivity index (χ0n) is 18.4. The smallest absolute Gasteiger partial charge is 0.411 e. The van der Waals surface area contributed by atoms with Crippen molar-refractivity contribution in [2.24, 2.45) is 0 Å². The average Bonchev–Trinajstić information content (AvgIpc) is 2.70. The summed E-state index contributed by atoms with van der Waals surface area (Å²) in [6, 6.07) is 7.22. The monoisotopic (exact) mass is 518 g/mol. The van der Waals surface area contributed by atoms with Gasteiger partial charge in [-0.15, -0.1) is 0 Å². The summed E-state index contributed by atoms with van der Waals surface area (Å²) in [4.78, 5) is 12.3. The Bertz CT molecular complexity index is 1120. The lowest BCUT2D eigenvalue weighted by Gasteiger charge is -2.30. The van der Waals surface area contributed by atoms with Crippen LogP contribution in [0.2, 0.25) is 10.0 Å². The Balaban J connectivity index is 1.68. The molecule has 2 aromatic rings. The molecule has 7 nitrogen and oxygen atoms in total. The molecule has 33 heavy (non-hydrogen) atoms. The highest BCUT2D eigenvalue weighted by atomic mass is 35.5. The Morgan fingerprint density at radius 2 is 1.85 bits per heavy atom. The van der Waals surface area contributed by atoms with Gasteiger partial charge in [0.25, 0.3) is 0 Å². The van der Waals surface area contributed by atoms with Gasteiger partial charge >= 0.3 is 6.09 Å². The third-order valence-electron chi connectivity index (χ3n) is 5.11. The minimum atomic E-state index is -3.36. The van der Waals surface area contributed by atoms with E-state index in [2.05, 4.69) is 5.32 Å². The summed E-state index contributed by atoms with van der Waals surface area (Å²) in [6.45, 7) is 4.37. The van der Waals surface area contributed by atoms with Crippen LogP contribution in [-0.2, 0) is 14.8 Å². The standard InChI is InChI=1S/C22H25Cl2FN2O5S/c1-13(2)14-7-15(25)9-18(8-14)31-21-19(23)10-16(11-20(21)24)26-22(28)32-17-5-4-6-27(12-17)33(3,29)30/h7-11,13,17H,4-6,12H2,1-3H3,(H,26,28). The van der Waals surface area contributed by atoms with Gasteiger partial charge in [0.2, 0.25) is 10.0 Å². The van der Waals surface area contributed by atoms with Gasteiger partial charge in [-0.2, -0.15) is 4.31 Å². The maximum atomic E-state index is 13.9. The van der Waals surface area contributed by atoms with Crippen molar-refractivity contribution in [2.75, 3.05) is 24.7 Å². The largest absolute Gasteiger partial charge is 0.454 e. The second kappa shape index (κ2) is 10.5. The Labute approximate surface area is 202 Å². The van der Waals surface area contributed by atoms with Gasteiger partial charge in [0.15, 0.2) is 5.75 Å². The van der Waals surface area contributed by atoms with Crippen molar-refractivity contribution in [3.05, 3.63) is 51.8 Å². The van der Waals surface area contributed by atoms with Crippen LogP contribution in [0, 0.1) is 5.82 Å². The summed E-state index contributed by atoms with van der Waals surface area (Å²) in [7, 11) is -3.36. The first-order valence-corrected chi connectivity index (χ1v) is 12.9. The molecule has 0 spiro atoms. The molecule has 3 rings (SSSR count). The Kier molecular flexibility index (Phi) is 8.10. The van der Waals surface area contributed by atoms with Crippen molar-refractivity contribution < 1.29 is 27.1 Å². The number of hydrogen-bond acceptors (Lipinski definition) is 5. The molecular weight excluding hydrogens is 494 g/mol. The minimum Gasteiger partial charge on any atom is -0.454 e. The predicted molar refractivity (Wildman–Crippen MR) is 127 cm³/mol. The van der Waals surface area contributed by atoms with Crippen LogP contribution in [-0.4, -0.2) is 44.3 Å². The number of anilines is 1. The second-order valence-electron chi connectivity index (χ2n) is 8.16. The van der Waals surface area contributed by atoms with Crippen LogP contribution in [0.1, 0.15) is 38.2 Å². The number of nitrogens with zero attached hydrogens (tertiary/aromatic N) is 1. The van der Waals surface area contributed by atoms with Crippen LogP contribution >= 0.6 is 23.2 Å². The molecule has 0 bridgehead atoms. The van der Waals surface area contributed by atoms with E-state index >= 15 is 0 Å². The van der Waals surface area contributed by atoms with Crippen molar-refractivity contribution in [2.45, 2.75) is 38.7 Å². The highest BCUT2D eigenvalue weighted by molar-refractivity contribution is 7.88. The zero-order valence-corrected chi connectivity index (χ0v) is 20.7. The number of sulfonamides is 1. The maximum absolute atomic E-state index is 13.9. The Morgan fingerprint density at radius 3 is 2.45 bits per heavy atom. The lowest BCUT2D eigenvalue weighted by atomic mass is 10.0. The first-order valence-electron chi connectivity index (χ1n) is 10.3. The molecule has 1 fully saturated rings. The Morgan fingerprint density at radius 1 is 1.18 bits per heavy atom. The molecule has 1 heterocycles. The second-order valence-corrected chi connectivity index (χ2v) is 11.0. The molecule has 1 unspecified atom stereocenters. The van der Waals surface area contributed by atoms with Crippen LogP contribution in [0.4, 0.5) is 14.9 Å². The van der Waals surface area contributed by atoms with Gasteiger partial charge in [0, 0.05) is 18.3 Å². The van der Waals surface area contributed by atoms with E-state index in [0.29, 0.717) is 19.4 Å². The van der Waals surface area contributed by atoms with Crippen LogP contribution in [0.5, 0.6) is 11.5 Å². The molecule has 0 aliphatic carbocycles. The van der Waals surface area contributed by atoms with Crippen molar-refractivity contribution in [1.82, 2.24) is 4.31 Å². The van der Waals surface area contributed by atoms with Gasteiger partial charge in [-0.1, -0.05) is 37.0 Å². The number of carbonyl (C=O) groups excluding carboxylic acids is 1. The highest BCUT2D eigenvalue weighted by Gasteiger charge is 2.28. The van der Waals surface area contributed by atoms with E-state index in [0.717, 1.165) is 11.8 Å². The van der Waals surface area contributed by atoms with Gasteiger partial charge in [0.05, 0.1) is 22.8 Å². The molecular formula is C22H25Cl2FN2O5S. The van der Waals surface area contributed by atoms with E-state index in [1.54, 1.807) is 6.07 Å². The van der Waals surface area contributed by atoms with E-state index in [-0.39, 0.29) is 39.7 Å². The number of piperidine rings is 1. The molecule has 0 saturated carbocycles. The minimum absolute atomic E-state index is 0.0975. The average molecular weight is 519 g/mol. The maximum Gasteiger partial charge on any atom is 0.411 e. The number of ether oxygens (including phenoxy) is 2. The molecule has 11 heteroatoms. The van der Waals surface area contributed by atoms with E-state index in [9.17, 15) is 17.6 Å². The molecule has 0 radical (unpaired) electrons. The number of amides is 1. The lowest BCUT2D eigenvalue weighted by Crippen LogP contribution is -2.43. The third-order valence-corrected chi connectivity index (χ3v) is 6.94. The molecule has 2 aromatic carbocycles. The summed E-state index contributed by atoms with van der Waals surface area (Å²) in [5.74, 6) is 0.0193. The first kappa shape index (κ1) is 25.6. The molecule has 0 aromatic heterocycles. The van der Waals surface area contributed by atoms with Crippen LogP contribution in [0.3, 0.4) is 0 Å². The summed E-state index contributed by atoms with van der Waals surface area (Å²) in [5.41, 5.74) is 1.02. The summed E-state index contributed by atoms with van der Waals surface area (Å²) in [5, 5.41) is 2.75. The number of carbonyl (C=O) groups is 1. The number of nitrogens with one attached hydrogen (secondary N) is 1. The fraction of sp³-hybridized carbons (Fsp3) is 0.409. The SMILES string of the molecule is CC(C)c1cc(F)cc(Oc2c(Cl)cc(NC(=O)OC3CCCN(S(C)(=O)=O)C3)cc2Cl)c1. The number of halogens is 3. The van der Waals surface area contributed by atoms with E-state index in [4.69, 9.17) is 32.7 Å². The predicted octanol–water partition coefficient (Wildman–Crippen LogP) is 6.02. The fourth-order valence-corrected chi connectivity index (χ4v) is 4.89. The van der Waals surface area contributed by atoms with Gasteiger partial charge in [-0.05, 0) is 48.6 Å². The molecule has 1 aliphatic heterocycles. The van der Waals surface area contributed by atoms with E-state index in [1.807, 2.05) is 13.8 Å². The van der Waals surface area contributed by atoms with Crippen LogP contribution < -0.4 is 10.1 Å². The van der Waals surface area contributed by atoms with Crippen molar-refractivity contribution in [3.8, 4) is 11.5 Å². The summed E-state index contributed by atoms with van der Waals surface area (Å²) >= 11 is 12.6. The van der Waals surface area contributed by atoms with Crippen molar-refractivity contribution in [1.29, 1.82) is 0 Å². The molecule has 1 amide bonds. The molecule has 1 atom stereocenters. The number of rotatable bonds is 6. The quantitative estimate of drug-likeness (QED) is 0.505. The third kappa shape index (κ3) is 6.96. The summed E-state index contributed by atoms with van der Waals surface area (Å²) in [6.07, 6.45) is 0.942. The van der Waals surface area contributed by atoms with E-state index in [1.165, 1.54) is 28.6 Å². The Hall–Kier alpha value is -2.07. The molecule has 1 N–H and O–H groups in total. The van der Waals surface area contributed by atoms with Crippen LogP contribution in [0.25, 0.3) is 0 Å². The summed E-state index contributed by atoms with van der Waals surface area (Å²) < 4.78 is 49.8. The zero-order chi connectivity index (χ0) is 24.3. The lowest BCUT2D eigenvalue weighted by molar-refractivity contribution is 0.0744. The normalized spacial score (nSPS) is 17.1. The van der Waals surface area contributed by atoms with Crippen molar-refractivity contribution >= 4 is 45.0 Å². The number of benzene rings is 2. The first-order chi connectivity index (χ1) is 15.4. The molecule has 1 saturated heterocycles.